The smallest absolute Gasteiger partial charge is 0.326 e. The predicted octanol–water partition coefficient (Wildman–Crippen LogP) is -5.10. The molecule has 0 aliphatic carbocycles. The summed E-state index contributed by atoms with van der Waals surface area (Å²) in [5.74, 6) is -4.16. The summed E-state index contributed by atoms with van der Waals surface area (Å²) in [5.41, 5.74) is 5.27. The zero-order valence-corrected chi connectivity index (χ0v) is 17.2. The summed E-state index contributed by atoms with van der Waals surface area (Å²) in [7, 11) is 0. The molecule has 0 fully saturated rings. The molecule has 0 saturated heterocycles. The van der Waals surface area contributed by atoms with Crippen LogP contribution in [0.2, 0.25) is 0 Å². The second-order valence-corrected chi connectivity index (χ2v) is 6.69. The number of aliphatic carboxylic acids is 1. The van der Waals surface area contributed by atoms with Gasteiger partial charge in [0.15, 0.2) is 12.4 Å². The molecule has 15 heteroatoms. The lowest BCUT2D eigenvalue weighted by Crippen LogP contribution is -2.51. The van der Waals surface area contributed by atoms with Crippen molar-refractivity contribution in [3.63, 3.8) is 0 Å². The number of carboxylic acids is 1. The van der Waals surface area contributed by atoms with Crippen LogP contribution in [0.15, 0.2) is 0 Å². The van der Waals surface area contributed by atoms with E-state index in [1.165, 1.54) is 0 Å². The molecule has 178 valence electrons. The first-order valence-electron chi connectivity index (χ1n) is 8.94. The summed E-state index contributed by atoms with van der Waals surface area (Å²) in [6.07, 6.45) is -8.16. The molecule has 0 radical (unpaired) electrons. The number of carbonyl (C=O) groups is 5. The number of aliphatic hydroxyl groups excluding tert-OH is 4. The number of ether oxygens (including phenoxy) is 1. The number of nitrogens with one attached hydrogen (secondary N) is 2. The minimum atomic E-state index is -2.04. The van der Waals surface area contributed by atoms with Crippen LogP contribution in [0.4, 0.5) is 0 Å². The zero-order valence-electron chi connectivity index (χ0n) is 16.3. The minimum Gasteiger partial charge on any atom is -0.480 e. The van der Waals surface area contributed by atoms with Gasteiger partial charge >= 0.3 is 11.9 Å². The van der Waals surface area contributed by atoms with Crippen LogP contribution in [0.25, 0.3) is 0 Å². The molecule has 0 aromatic carbocycles. The zero-order chi connectivity index (χ0) is 24.1. The Balaban J connectivity index is 4.62. The Morgan fingerprint density at radius 2 is 1.74 bits per heavy atom. The van der Waals surface area contributed by atoms with Crippen molar-refractivity contribution in [3.8, 4) is 0 Å². The lowest BCUT2D eigenvalue weighted by molar-refractivity contribution is -0.167. The first-order chi connectivity index (χ1) is 14.5. The number of carboxylic acid groups (broad SMARTS) is 1. The SMILES string of the molecule is NC(CCC(=O)NC(CS)C(=O)NCC(=O)O[C@@H](C=O)[C@@H](O)[C@@H](O)[C@H](O)CO)C(=O)O. The van der Waals surface area contributed by atoms with Crippen LogP contribution in [0.5, 0.6) is 0 Å². The maximum absolute atomic E-state index is 12.1. The van der Waals surface area contributed by atoms with E-state index in [4.69, 9.17) is 15.9 Å². The molecule has 14 nitrogen and oxygen atoms in total. The van der Waals surface area contributed by atoms with E-state index in [0.29, 0.717) is 0 Å². The number of rotatable bonds is 15. The predicted molar refractivity (Wildman–Crippen MR) is 105 cm³/mol. The minimum absolute atomic E-state index is 0.0176. The highest BCUT2D eigenvalue weighted by Crippen LogP contribution is 2.07. The van der Waals surface area contributed by atoms with Gasteiger partial charge in [-0.25, -0.2) is 0 Å². The van der Waals surface area contributed by atoms with Crippen LogP contribution in [-0.2, 0) is 28.7 Å². The molecule has 31 heavy (non-hydrogen) atoms. The maximum Gasteiger partial charge on any atom is 0.326 e. The highest BCUT2D eigenvalue weighted by molar-refractivity contribution is 7.80. The van der Waals surface area contributed by atoms with E-state index in [2.05, 4.69) is 28.0 Å². The molecule has 0 rings (SSSR count). The number of aldehydes is 1. The summed E-state index contributed by atoms with van der Waals surface area (Å²) in [6, 6.07) is -2.43. The molecule has 0 spiro atoms. The first-order valence-corrected chi connectivity index (χ1v) is 9.57. The fraction of sp³-hybridized carbons (Fsp3) is 0.688. The normalized spacial score (nSPS) is 16.7. The molecule has 0 aliphatic rings. The molecule has 2 unspecified atom stereocenters. The molecule has 0 aromatic heterocycles. The monoisotopic (exact) mass is 469 g/mol. The lowest BCUT2D eigenvalue weighted by Gasteiger charge is -2.25. The number of esters is 1. The Morgan fingerprint density at radius 1 is 1.13 bits per heavy atom. The van der Waals surface area contributed by atoms with Gasteiger partial charge in [-0.3, -0.25) is 24.0 Å². The van der Waals surface area contributed by atoms with Crippen LogP contribution < -0.4 is 16.4 Å². The van der Waals surface area contributed by atoms with Gasteiger partial charge in [-0.2, -0.15) is 12.6 Å². The van der Waals surface area contributed by atoms with E-state index in [0.717, 1.165) is 0 Å². The summed E-state index contributed by atoms with van der Waals surface area (Å²) >= 11 is 3.90. The summed E-state index contributed by atoms with van der Waals surface area (Å²) in [4.78, 5) is 57.2. The van der Waals surface area contributed by atoms with E-state index in [1.807, 2.05) is 0 Å². The molecule has 0 bridgehead atoms. The number of thiol groups is 1. The molecular weight excluding hydrogens is 442 g/mol. The Bertz CT molecular complexity index is 636. The second kappa shape index (κ2) is 14.7. The van der Waals surface area contributed by atoms with Gasteiger partial charge in [0.25, 0.3) is 0 Å². The number of hydrogen-bond acceptors (Lipinski definition) is 12. The topological polar surface area (TPSA) is 246 Å². The van der Waals surface area contributed by atoms with E-state index in [-0.39, 0.29) is 24.9 Å². The largest absolute Gasteiger partial charge is 0.480 e. The van der Waals surface area contributed by atoms with Crippen molar-refractivity contribution < 1.29 is 54.2 Å². The van der Waals surface area contributed by atoms with Crippen LogP contribution >= 0.6 is 12.6 Å². The third-order valence-corrected chi connectivity index (χ3v) is 4.28. The molecule has 6 atom stereocenters. The van der Waals surface area contributed by atoms with Crippen molar-refractivity contribution >= 4 is 42.7 Å². The highest BCUT2D eigenvalue weighted by atomic mass is 32.1. The summed E-state index contributed by atoms with van der Waals surface area (Å²) in [5, 5.41) is 50.3. The Labute approximate surface area is 182 Å². The van der Waals surface area contributed by atoms with Gasteiger partial charge in [0, 0.05) is 12.2 Å². The van der Waals surface area contributed by atoms with Gasteiger partial charge in [0.1, 0.15) is 36.9 Å². The quantitative estimate of drug-likeness (QED) is 0.0621. The van der Waals surface area contributed by atoms with Crippen LogP contribution in [-0.4, -0.2) is 111 Å². The van der Waals surface area contributed by atoms with Gasteiger partial charge < -0.3 is 46.6 Å². The Hall–Kier alpha value is -2.30. The van der Waals surface area contributed by atoms with Crippen molar-refractivity contribution in [2.45, 2.75) is 49.3 Å². The molecule has 0 aromatic rings. The van der Waals surface area contributed by atoms with Crippen molar-refractivity contribution in [2.24, 2.45) is 5.73 Å². The van der Waals surface area contributed by atoms with Gasteiger partial charge in [0.2, 0.25) is 11.8 Å². The Kier molecular flexibility index (Phi) is 13.6. The molecule has 0 heterocycles. The van der Waals surface area contributed by atoms with Gasteiger partial charge in [-0.05, 0) is 6.42 Å². The Morgan fingerprint density at radius 3 is 2.23 bits per heavy atom. The van der Waals surface area contributed by atoms with Gasteiger partial charge in [-0.15, -0.1) is 0 Å². The summed E-state index contributed by atoms with van der Waals surface area (Å²) < 4.78 is 4.61. The number of aliphatic hydroxyl groups is 4. The molecule has 2 amide bonds. The molecule has 0 saturated carbocycles. The van der Waals surface area contributed by atoms with Crippen molar-refractivity contribution in [1.82, 2.24) is 10.6 Å². The lowest BCUT2D eigenvalue weighted by atomic mass is 10.0. The van der Waals surface area contributed by atoms with Gasteiger partial charge in [-0.1, -0.05) is 0 Å². The van der Waals surface area contributed by atoms with Crippen LogP contribution in [0, 0.1) is 0 Å². The third kappa shape index (κ3) is 10.5. The molecular formula is C16H27N3O11S. The fourth-order valence-electron chi connectivity index (χ4n) is 2.05. The van der Waals surface area contributed by atoms with E-state index in [1.54, 1.807) is 0 Å². The first kappa shape index (κ1) is 28.7. The number of nitrogens with two attached hydrogens (primary N) is 1. The van der Waals surface area contributed by atoms with Gasteiger partial charge in [0.05, 0.1) is 6.61 Å². The second-order valence-electron chi connectivity index (χ2n) is 6.33. The fourth-order valence-corrected chi connectivity index (χ4v) is 2.31. The van der Waals surface area contributed by atoms with E-state index in [9.17, 15) is 39.3 Å². The third-order valence-electron chi connectivity index (χ3n) is 3.91. The number of amides is 2. The van der Waals surface area contributed by atoms with E-state index < -0.39 is 73.4 Å². The van der Waals surface area contributed by atoms with Crippen LogP contribution in [0.3, 0.4) is 0 Å². The van der Waals surface area contributed by atoms with Crippen molar-refractivity contribution in [2.75, 3.05) is 18.9 Å². The average Bonchev–Trinajstić information content (AvgIpc) is 2.75. The number of hydrogen-bond donors (Lipinski definition) is 9. The summed E-state index contributed by atoms with van der Waals surface area (Å²) in [6.45, 7) is -1.70. The van der Waals surface area contributed by atoms with E-state index >= 15 is 0 Å². The standard InChI is InChI=1S/C16H27N3O11S/c17-7(16(28)29)1-2-11(23)19-8(6-31)15(27)18-3-12(24)30-10(5-21)14(26)13(25)9(22)4-20/h5,7-10,13-14,20,22,25-26,31H,1-4,6,17H2,(H,18,27)(H,19,23)(H,28,29)/t7?,8?,9-,10+,13+,14-/m1/s1. The number of carbonyl (C=O) groups excluding carboxylic acids is 4. The maximum atomic E-state index is 12.1. The van der Waals surface area contributed by atoms with Crippen molar-refractivity contribution in [1.29, 1.82) is 0 Å². The average molecular weight is 469 g/mol. The molecule has 9 N–H and O–H groups in total. The van der Waals surface area contributed by atoms with Crippen molar-refractivity contribution in [3.05, 3.63) is 0 Å². The highest BCUT2D eigenvalue weighted by Gasteiger charge is 2.33. The molecule has 0 aliphatic heterocycles. The van der Waals surface area contributed by atoms with Crippen LogP contribution in [0.1, 0.15) is 12.8 Å².